The SMILES string of the molecule is COc1cc(/C(O)=C(\C#N)c2nccs2)cc([N+](=O)[O-])c1OC. The maximum atomic E-state index is 11.2. The monoisotopic (exact) mass is 333 g/mol. The topological polar surface area (TPSA) is 119 Å². The zero-order chi connectivity index (χ0) is 17.0. The van der Waals surface area contributed by atoms with Crippen molar-refractivity contribution >= 4 is 28.4 Å². The molecule has 1 aromatic carbocycles. The van der Waals surface area contributed by atoms with Gasteiger partial charge in [0.1, 0.15) is 22.4 Å². The third kappa shape index (κ3) is 3.07. The van der Waals surface area contributed by atoms with Crippen molar-refractivity contribution in [1.82, 2.24) is 4.98 Å². The predicted octanol–water partition coefficient (Wildman–Crippen LogP) is 3.02. The van der Waals surface area contributed by atoms with Crippen molar-refractivity contribution in [2.75, 3.05) is 14.2 Å². The van der Waals surface area contributed by atoms with Crippen molar-refractivity contribution in [3.8, 4) is 17.6 Å². The summed E-state index contributed by atoms with van der Waals surface area (Å²) < 4.78 is 10.0. The summed E-state index contributed by atoms with van der Waals surface area (Å²) in [6.07, 6.45) is 1.49. The number of thiazole rings is 1. The first kappa shape index (κ1) is 16.3. The Labute approximate surface area is 135 Å². The zero-order valence-electron chi connectivity index (χ0n) is 12.1. The number of ether oxygens (including phenoxy) is 2. The number of nitro benzene ring substituents is 1. The first-order valence-electron chi connectivity index (χ1n) is 6.17. The van der Waals surface area contributed by atoms with Crippen LogP contribution in [0, 0.1) is 21.4 Å². The molecule has 8 nitrogen and oxygen atoms in total. The minimum absolute atomic E-state index is 0.0566. The first-order valence-corrected chi connectivity index (χ1v) is 7.05. The van der Waals surface area contributed by atoms with Gasteiger partial charge in [-0.3, -0.25) is 10.1 Å². The minimum atomic E-state index is -0.659. The predicted molar refractivity (Wildman–Crippen MR) is 83.4 cm³/mol. The summed E-state index contributed by atoms with van der Waals surface area (Å²) in [5.41, 5.74) is -0.410. The van der Waals surface area contributed by atoms with Gasteiger partial charge in [0.2, 0.25) is 5.75 Å². The lowest BCUT2D eigenvalue weighted by molar-refractivity contribution is -0.385. The quantitative estimate of drug-likeness (QED) is 0.386. The average Bonchev–Trinajstić information content (AvgIpc) is 3.08. The molecule has 2 rings (SSSR count). The molecule has 23 heavy (non-hydrogen) atoms. The number of aliphatic hydroxyl groups is 1. The Morgan fingerprint density at radius 2 is 2.17 bits per heavy atom. The molecule has 0 unspecified atom stereocenters. The van der Waals surface area contributed by atoms with Crippen LogP contribution in [-0.4, -0.2) is 29.2 Å². The highest BCUT2D eigenvalue weighted by atomic mass is 32.1. The van der Waals surface area contributed by atoms with Crippen molar-refractivity contribution in [3.63, 3.8) is 0 Å². The minimum Gasteiger partial charge on any atom is -0.506 e. The molecule has 0 aliphatic heterocycles. The molecular formula is C14H11N3O5S. The molecule has 0 spiro atoms. The summed E-state index contributed by atoms with van der Waals surface area (Å²) in [6, 6.07) is 4.32. The molecule has 0 aliphatic carbocycles. The Hall–Kier alpha value is -3.12. The van der Waals surface area contributed by atoms with E-state index in [2.05, 4.69) is 4.98 Å². The molecule has 0 amide bonds. The molecule has 1 aromatic heterocycles. The van der Waals surface area contributed by atoms with Gasteiger partial charge in [0.15, 0.2) is 5.75 Å². The van der Waals surface area contributed by atoms with Crippen molar-refractivity contribution in [2.45, 2.75) is 0 Å². The summed E-state index contributed by atoms with van der Waals surface area (Å²) in [5, 5.41) is 32.7. The average molecular weight is 333 g/mol. The highest BCUT2D eigenvalue weighted by Crippen LogP contribution is 2.40. The Balaban J connectivity index is 2.70. The van der Waals surface area contributed by atoms with Crippen LogP contribution in [0.1, 0.15) is 10.6 Å². The standard InChI is InChI=1S/C14H11N3O5S/c1-21-11-6-8(5-10(17(19)20)13(11)22-2)12(18)9(7-15)14-16-3-4-23-14/h3-6,18H,1-2H3/b12-9-. The van der Waals surface area contributed by atoms with Gasteiger partial charge >= 0.3 is 5.69 Å². The molecule has 2 aromatic rings. The van der Waals surface area contributed by atoms with E-state index in [1.165, 1.54) is 37.8 Å². The fourth-order valence-corrected chi connectivity index (χ4v) is 2.54. The number of aliphatic hydroxyl groups excluding tert-OH is 1. The van der Waals surface area contributed by atoms with Crippen LogP contribution in [0.25, 0.3) is 11.3 Å². The van der Waals surface area contributed by atoms with Crippen molar-refractivity contribution in [2.24, 2.45) is 0 Å². The van der Waals surface area contributed by atoms with Crippen LogP contribution in [-0.2, 0) is 0 Å². The Morgan fingerprint density at radius 1 is 1.43 bits per heavy atom. The van der Waals surface area contributed by atoms with Crippen LogP contribution in [0.4, 0.5) is 5.69 Å². The normalized spacial score (nSPS) is 11.3. The number of nitro groups is 1. The third-order valence-electron chi connectivity index (χ3n) is 2.92. The second-order valence-corrected chi connectivity index (χ2v) is 5.06. The van der Waals surface area contributed by atoms with Crippen LogP contribution in [0.2, 0.25) is 0 Å². The smallest absolute Gasteiger partial charge is 0.315 e. The van der Waals surface area contributed by atoms with E-state index >= 15 is 0 Å². The second kappa shape index (κ2) is 6.76. The number of hydrogen-bond donors (Lipinski definition) is 1. The van der Waals surface area contributed by atoms with E-state index in [9.17, 15) is 20.5 Å². The van der Waals surface area contributed by atoms with Crippen LogP contribution < -0.4 is 9.47 Å². The summed E-state index contributed by atoms with van der Waals surface area (Å²) in [6.45, 7) is 0. The highest BCUT2D eigenvalue weighted by molar-refractivity contribution is 7.10. The van der Waals surface area contributed by atoms with Gasteiger partial charge < -0.3 is 14.6 Å². The largest absolute Gasteiger partial charge is 0.506 e. The van der Waals surface area contributed by atoms with Crippen LogP contribution in [0.3, 0.4) is 0 Å². The molecule has 0 aliphatic rings. The number of methoxy groups -OCH3 is 2. The summed E-state index contributed by atoms with van der Waals surface area (Å²) in [5.74, 6) is -0.423. The first-order chi connectivity index (χ1) is 11.0. The number of nitriles is 1. The molecule has 1 heterocycles. The lowest BCUT2D eigenvalue weighted by Crippen LogP contribution is -1.99. The van der Waals surface area contributed by atoms with Crippen molar-refractivity contribution in [1.29, 1.82) is 5.26 Å². The van der Waals surface area contributed by atoms with E-state index in [0.29, 0.717) is 5.01 Å². The summed E-state index contributed by atoms with van der Waals surface area (Å²) in [4.78, 5) is 14.5. The molecule has 0 saturated carbocycles. The van der Waals surface area contributed by atoms with Gasteiger partial charge in [-0.2, -0.15) is 5.26 Å². The number of aromatic nitrogens is 1. The van der Waals surface area contributed by atoms with Crippen LogP contribution >= 0.6 is 11.3 Å². The highest BCUT2D eigenvalue weighted by Gasteiger charge is 2.24. The molecule has 0 radical (unpaired) electrons. The molecule has 0 bridgehead atoms. The van der Waals surface area contributed by atoms with E-state index in [-0.39, 0.29) is 28.3 Å². The van der Waals surface area contributed by atoms with E-state index in [4.69, 9.17) is 9.47 Å². The second-order valence-electron chi connectivity index (χ2n) is 4.16. The molecule has 118 valence electrons. The summed E-state index contributed by atoms with van der Waals surface area (Å²) in [7, 11) is 2.59. The van der Waals surface area contributed by atoms with Gasteiger partial charge in [-0.15, -0.1) is 11.3 Å². The maximum Gasteiger partial charge on any atom is 0.315 e. The van der Waals surface area contributed by atoms with E-state index in [1.807, 2.05) is 6.07 Å². The molecule has 1 N–H and O–H groups in total. The van der Waals surface area contributed by atoms with Gasteiger partial charge in [-0.05, 0) is 6.07 Å². The molecule has 0 fully saturated rings. The van der Waals surface area contributed by atoms with Crippen LogP contribution in [0.15, 0.2) is 23.7 Å². The van der Waals surface area contributed by atoms with Crippen molar-refractivity contribution in [3.05, 3.63) is 44.4 Å². The molecular weight excluding hydrogens is 322 g/mol. The summed E-state index contributed by atoms with van der Waals surface area (Å²) >= 11 is 1.17. The molecule has 0 saturated heterocycles. The number of allylic oxidation sites excluding steroid dienone is 1. The van der Waals surface area contributed by atoms with Gasteiger partial charge in [-0.1, -0.05) is 0 Å². The van der Waals surface area contributed by atoms with E-state index < -0.39 is 10.7 Å². The number of benzene rings is 1. The number of nitrogens with zero attached hydrogens (tertiary/aromatic N) is 3. The van der Waals surface area contributed by atoms with Gasteiger partial charge in [0.25, 0.3) is 0 Å². The van der Waals surface area contributed by atoms with Gasteiger partial charge in [-0.25, -0.2) is 4.98 Å². The van der Waals surface area contributed by atoms with Gasteiger partial charge in [0.05, 0.1) is 19.1 Å². The Kier molecular flexibility index (Phi) is 4.78. The molecule has 0 atom stereocenters. The van der Waals surface area contributed by atoms with Crippen molar-refractivity contribution < 1.29 is 19.5 Å². The van der Waals surface area contributed by atoms with Gasteiger partial charge in [0, 0.05) is 23.2 Å². The molecule has 9 heteroatoms. The Morgan fingerprint density at radius 3 is 2.65 bits per heavy atom. The zero-order valence-corrected chi connectivity index (χ0v) is 13.0. The van der Waals surface area contributed by atoms with Crippen LogP contribution in [0.5, 0.6) is 11.5 Å². The van der Waals surface area contributed by atoms with E-state index in [0.717, 1.165) is 6.07 Å². The Bertz CT molecular complexity index is 809. The fourth-order valence-electron chi connectivity index (χ4n) is 1.91. The van der Waals surface area contributed by atoms with E-state index in [1.54, 1.807) is 5.38 Å². The number of hydrogen-bond acceptors (Lipinski definition) is 8. The number of rotatable bonds is 5. The lowest BCUT2D eigenvalue weighted by atomic mass is 10.1. The lowest BCUT2D eigenvalue weighted by Gasteiger charge is -2.10. The maximum absolute atomic E-state index is 11.2. The fraction of sp³-hybridized carbons (Fsp3) is 0.143. The third-order valence-corrected chi connectivity index (χ3v) is 3.71.